The van der Waals surface area contributed by atoms with Crippen LogP contribution in [0.5, 0.6) is 5.88 Å². The highest BCUT2D eigenvalue weighted by molar-refractivity contribution is 7.89. The number of nitrogens with one attached hydrogen (secondary N) is 1. The van der Waals surface area contributed by atoms with E-state index in [-0.39, 0.29) is 21.4 Å². The van der Waals surface area contributed by atoms with E-state index in [0.29, 0.717) is 40.8 Å². The summed E-state index contributed by atoms with van der Waals surface area (Å²) in [5, 5.41) is 20.8. The van der Waals surface area contributed by atoms with Crippen molar-refractivity contribution in [1.82, 2.24) is 34.7 Å². The lowest BCUT2D eigenvalue weighted by Gasteiger charge is -2.13. The standard InChI is InChI=1S/C19H14F2N8O3S2/c1-32-15-6-13(23-9-24-15)11-4-10(34(30,31)28-19(8-22)2-3-19)5-14-12(11)7-25-29(14)18-27-26-17(33-18)16(20)21/h4-7,9,16,28H,2-3H2,1H3. The van der Waals surface area contributed by atoms with Gasteiger partial charge in [0.05, 0.1) is 35.5 Å². The lowest BCUT2D eigenvalue weighted by molar-refractivity contribution is 0.150. The van der Waals surface area contributed by atoms with Crippen LogP contribution in [0.1, 0.15) is 24.3 Å². The average Bonchev–Trinajstić information content (AvgIpc) is 3.22. The van der Waals surface area contributed by atoms with Gasteiger partial charge in [0, 0.05) is 17.0 Å². The number of halogens is 2. The van der Waals surface area contributed by atoms with E-state index in [1.54, 1.807) is 0 Å². The largest absolute Gasteiger partial charge is 0.481 e. The predicted octanol–water partition coefficient (Wildman–Crippen LogP) is 2.61. The molecule has 1 saturated carbocycles. The van der Waals surface area contributed by atoms with Gasteiger partial charge in [0.25, 0.3) is 6.43 Å². The van der Waals surface area contributed by atoms with Gasteiger partial charge in [-0.05, 0) is 25.0 Å². The van der Waals surface area contributed by atoms with Crippen molar-refractivity contribution in [2.75, 3.05) is 7.11 Å². The van der Waals surface area contributed by atoms with E-state index in [9.17, 15) is 22.5 Å². The Morgan fingerprint density at radius 2 is 2.06 bits per heavy atom. The molecule has 0 unspecified atom stereocenters. The Bertz CT molecular complexity index is 1560. The fraction of sp³-hybridized carbons (Fsp3) is 0.263. The van der Waals surface area contributed by atoms with E-state index in [4.69, 9.17) is 4.74 Å². The number of rotatable bonds is 7. The molecule has 174 valence electrons. The Hall–Kier alpha value is -3.61. The first-order valence-electron chi connectivity index (χ1n) is 9.70. The molecular formula is C19H14F2N8O3S2. The SMILES string of the molecule is COc1cc(-c2cc(S(=O)(=O)NC3(C#N)CC3)cc3c2cnn3-c2nnc(C(F)F)s2)ncn1. The van der Waals surface area contributed by atoms with E-state index in [1.165, 1.54) is 42.5 Å². The summed E-state index contributed by atoms with van der Waals surface area (Å²) in [4.78, 5) is 8.03. The Morgan fingerprint density at radius 1 is 1.26 bits per heavy atom. The second-order valence-corrected chi connectivity index (χ2v) is 10.1. The fourth-order valence-electron chi connectivity index (χ4n) is 3.30. The second-order valence-electron chi connectivity index (χ2n) is 7.43. The van der Waals surface area contributed by atoms with E-state index in [2.05, 4.69) is 30.0 Å². The fourth-order valence-corrected chi connectivity index (χ4v) is 5.39. The molecule has 11 nitrogen and oxygen atoms in total. The van der Waals surface area contributed by atoms with Crippen LogP contribution in [-0.4, -0.2) is 51.0 Å². The van der Waals surface area contributed by atoms with Crippen LogP contribution in [0.3, 0.4) is 0 Å². The van der Waals surface area contributed by atoms with Crippen LogP contribution < -0.4 is 9.46 Å². The zero-order valence-corrected chi connectivity index (χ0v) is 18.9. The quantitative estimate of drug-likeness (QED) is 0.401. The minimum Gasteiger partial charge on any atom is -0.481 e. The highest BCUT2D eigenvalue weighted by Crippen LogP contribution is 2.38. The molecule has 0 radical (unpaired) electrons. The van der Waals surface area contributed by atoms with Gasteiger partial charge in [0.2, 0.25) is 21.0 Å². The summed E-state index contributed by atoms with van der Waals surface area (Å²) < 4.78 is 61.3. The van der Waals surface area contributed by atoms with Gasteiger partial charge in [-0.15, -0.1) is 10.2 Å². The maximum atomic E-state index is 13.2. The van der Waals surface area contributed by atoms with Gasteiger partial charge in [-0.1, -0.05) is 11.3 Å². The number of sulfonamides is 1. The second kappa shape index (κ2) is 8.01. The molecule has 1 aliphatic carbocycles. The van der Waals surface area contributed by atoms with Gasteiger partial charge >= 0.3 is 0 Å². The molecule has 0 bridgehead atoms. The molecule has 0 aliphatic heterocycles. The van der Waals surface area contributed by atoms with Crippen LogP contribution in [0, 0.1) is 11.3 Å². The number of nitrogens with zero attached hydrogens (tertiary/aromatic N) is 7. The Balaban J connectivity index is 1.73. The molecule has 34 heavy (non-hydrogen) atoms. The third-order valence-corrected chi connectivity index (χ3v) is 7.61. The van der Waals surface area contributed by atoms with Crippen molar-refractivity contribution in [2.45, 2.75) is 29.7 Å². The summed E-state index contributed by atoms with van der Waals surface area (Å²) in [7, 11) is -2.70. The molecule has 0 amide bonds. The summed E-state index contributed by atoms with van der Waals surface area (Å²) >= 11 is 0.633. The summed E-state index contributed by atoms with van der Waals surface area (Å²) in [5.41, 5.74) is -0.141. The number of ether oxygens (including phenoxy) is 1. The van der Waals surface area contributed by atoms with Gasteiger partial charge in [-0.25, -0.2) is 31.8 Å². The van der Waals surface area contributed by atoms with Crippen LogP contribution in [0.4, 0.5) is 8.78 Å². The van der Waals surface area contributed by atoms with Crippen molar-refractivity contribution in [3.8, 4) is 28.3 Å². The van der Waals surface area contributed by atoms with Crippen LogP contribution in [0.15, 0.2) is 35.6 Å². The molecule has 0 atom stereocenters. The summed E-state index contributed by atoms with van der Waals surface area (Å²) in [6, 6.07) is 6.25. The minimum atomic E-state index is -4.13. The van der Waals surface area contributed by atoms with E-state index in [0.717, 1.165) is 0 Å². The first-order chi connectivity index (χ1) is 16.2. The molecule has 1 N–H and O–H groups in total. The number of alkyl halides is 2. The van der Waals surface area contributed by atoms with E-state index < -0.39 is 27.0 Å². The Labute approximate surface area is 195 Å². The molecule has 4 aromatic rings. The highest BCUT2D eigenvalue weighted by atomic mass is 32.2. The number of nitriles is 1. The molecule has 3 aromatic heterocycles. The van der Waals surface area contributed by atoms with Gasteiger partial charge in [0.15, 0.2) is 5.01 Å². The third kappa shape index (κ3) is 3.85. The number of aromatic nitrogens is 6. The summed E-state index contributed by atoms with van der Waals surface area (Å²) in [5.74, 6) is 0.254. The topological polar surface area (TPSA) is 149 Å². The molecule has 1 fully saturated rings. The zero-order chi connectivity index (χ0) is 24.1. The van der Waals surface area contributed by atoms with Gasteiger partial charge in [0.1, 0.15) is 11.9 Å². The smallest absolute Gasteiger partial charge is 0.291 e. The van der Waals surface area contributed by atoms with Crippen molar-refractivity contribution in [3.05, 3.63) is 35.7 Å². The lowest BCUT2D eigenvalue weighted by Crippen LogP contribution is -2.35. The summed E-state index contributed by atoms with van der Waals surface area (Å²) in [6.45, 7) is 0. The van der Waals surface area contributed by atoms with Crippen molar-refractivity contribution in [2.24, 2.45) is 0 Å². The minimum absolute atomic E-state index is 0.0368. The number of fused-ring (bicyclic) bond motifs is 1. The number of methoxy groups -OCH3 is 1. The molecule has 3 heterocycles. The summed E-state index contributed by atoms with van der Waals surface area (Å²) in [6.07, 6.45) is 0.709. The zero-order valence-electron chi connectivity index (χ0n) is 17.3. The monoisotopic (exact) mass is 504 g/mol. The molecule has 15 heteroatoms. The van der Waals surface area contributed by atoms with Gasteiger partial charge < -0.3 is 4.74 Å². The highest BCUT2D eigenvalue weighted by Gasteiger charge is 2.47. The van der Waals surface area contributed by atoms with E-state index in [1.807, 2.05) is 6.07 Å². The van der Waals surface area contributed by atoms with E-state index >= 15 is 0 Å². The van der Waals surface area contributed by atoms with Crippen molar-refractivity contribution in [3.63, 3.8) is 0 Å². The maximum absolute atomic E-state index is 13.2. The maximum Gasteiger partial charge on any atom is 0.291 e. The first-order valence-corrected chi connectivity index (χ1v) is 12.0. The number of benzene rings is 1. The Kier molecular flexibility index (Phi) is 5.23. The molecule has 5 rings (SSSR count). The van der Waals surface area contributed by atoms with Crippen LogP contribution in [0.2, 0.25) is 0 Å². The predicted molar refractivity (Wildman–Crippen MR) is 115 cm³/mol. The van der Waals surface area contributed by atoms with Crippen molar-refractivity contribution in [1.29, 1.82) is 5.26 Å². The first kappa shape index (κ1) is 22.2. The molecular weight excluding hydrogens is 490 g/mol. The molecule has 0 spiro atoms. The van der Waals surface area contributed by atoms with Crippen molar-refractivity contribution >= 4 is 32.3 Å². The molecule has 1 aromatic carbocycles. The van der Waals surface area contributed by atoms with Gasteiger partial charge in [-0.3, -0.25) is 0 Å². The normalized spacial score (nSPS) is 14.9. The lowest BCUT2D eigenvalue weighted by atomic mass is 10.1. The number of hydrogen-bond donors (Lipinski definition) is 1. The van der Waals surface area contributed by atoms with Crippen LogP contribution >= 0.6 is 11.3 Å². The Morgan fingerprint density at radius 3 is 2.71 bits per heavy atom. The van der Waals surface area contributed by atoms with Crippen molar-refractivity contribution < 1.29 is 21.9 Å². The average molecular weight is 505 g/mol. The molecule has 1 aliphatic rings. The van der Waals surface area contributed by atoms with Crippen LogP contribution in [0.25, 0.3) is 27.3 Å². The number of hydrogen-bond acceptors (Lipinski definition) is 10. The third-order valence-electron chi connectivity index (χ3n) is 5.19. The van der Waals surface area contributed by atoms with Crippen LogP contribution in [-0.2, 0) is 10.0 Å². The van der Waals surface area contributed by atoms with Gasteiger partial charge in [-0.2, -0.15) is 15.1 Å². The molecule has 0 saturated heterocycles.